The molecule has 2 N–H and O–H groups in total. The fraction of sp³-hybridized carbons (Fsp3) is 0.333. The summed E-state index contributed by atoms with van der Waals surface area (Å²) in [5, 5.41) is 0. The molecule has 3 heteroatoms. The number of ether oxygens (including phenoxy) is 2. The Morgan fingerprint density at radius 3 is 2.14 bits per heavy atom. The van der Waals surface area contributed by atoms with E-state index < -0.39 is 0 Å². The minimum atomic E-state index is 0.504. The lowest BCUT2D eigenvalue weighted by atomic mass is 10.0. The Hall–Kier alpha value is -2.00. The van der Waals surface area contributed by atoms with Crippen molar-refractivity contribution in [3.63, 3.8) is 0 Å². The second-order valence-corrected chi connectivity index (χ2v) is 5.28. The first kappa shape index (κ1) is 15.4. The lowest BCUT2D eigenvalue weighted by Crippen LogP contribution is -2.09. The highest BCUT2D eigenvalue weighted by Gasteiger charge is 2.01. The van der Waals surface area contributed by atoms with Crippen LogP contribution in [0.5, 0.6) is 11.5 Å². The van der Waals surface area contributed by atoms with Crippen LogP contribution in [0, 0.1) is 0 Å². The van der Waals surface area contributed by atoms with E-state index in [0.717, 1.165) is 17.1 Å². The third kappa shape index (κ3) is 4.80. The first-order valence-electron chi connectivity index (χ1n) is 7.33. The molecule has 2 rings (SSSR count). The van der Waals surface area contributed by atoms with Crippen LogP contribution >= 0.6 is 0 Å². The summed E-state index contributed by atoms with van der Waals surface area (Å²) >= 11 is 0. The SMILES string of the molecule is CC(C)c1cccc(OCCOc2cccc(CN)c2)c1. The standard InChI is InChI=1S/C18H23NO2/c1-14(2)16-6-4-8-18(12-16)21-10-9-20-17-7-3-5-15(11-17)13-19/h3-8,11-12,14H,9-10,13,19H2,1-2H3. The summed E-state index contributed by atoms with van der Waals surface area (Å²) in [6, 6.07) is 16.0. The van der Waals surface area contributed by atoms with Crippen LogP contribution in [-0.2, 0) is 6.54 Å². The third-order valence-electron chi connectivity index (χ3n) is 3.28. The van der Waals surface area contributed by atoms with Gasteiger partial charge in [0.1, 0.15) is 24.7 Å². The number of hydrogen-bond donors (Lipinski definition) is 1. The average molecular weight is 285 g/mol. The molecular weight excluding hydrogens is 262 g/mol. The molecule has 2 aromatic carbocycles. The first-order valence-corrected chi connectivity index (χ1v) is 7.33. The van der Waals surface area contributed by atoms with Crippen LogP contribution in [0.15, 0.2) is 48.5 Å². The molecule has 0 atom stereocenters. The Bertz CT molecular complexity index is 567. The van der Waals surface area contributed by atoms with Crippen LogP contribution in [0.25, 0.3) is 0 Å². The van der Waals surface area contributed by atoms with Gasteiger partial charge < -0.3 is 15.2 Å². The number of rotatable bonds is 7. The number of hydrogen-bond acceptors (Lipinski definition) is 3. The largest absolute Gasteiger partial charge is 0.490 e. The number of benzene rings is 2. The summed E-state index contributed by atoms with van der Waals surface area (Å²) in [6.07, 6.45) is 0. The minimum absolute atomic E-state index is 0.504. The predicted molar refractivity (Wildman–Crippen MR) is 85.9 cm³/mol. The molecule has 0 radical (unpaired) electrons. The Balaban J connectivity index is 1.80. The third-order valence-corrected chi connectivity index (χ3v) is 3.28. The van der Waals surface area contributed by atoms with E-state index in [1.54, 1.807) is 0 Å². The molecule has 0 spiro atoms. The van der Waals surface area contributed by atoms with Gasteiger partial charge in [0.05, 0.1) is 0 Å². The topological polar surface area (TPSA) is 44.5 Å². The monoisotopic (exact) mass is 285 g/mol. The van der Waals surface area contributed by atoms with Crippen molar-refractivity contribution in [2.24, 2.45) is 5.73 Å². The van der Waals surface area contributed by atoms with E-state index in [0.29, 0.717) is 25.7 Å². The van der Waals surface area contributed by atoms with Crippen LogP contribution in [-0.4, -0.2) is 13.2 Å². The van der Waals surface area contributed by atoms with Crippen molar-refractivity contribution in [2.45, 2.75) is 26.3 Å². The Morgan fingerprint density at radius 1 is 0.905 bits per heavy atom. The molecular formula is C18H23NO2. The van der Waals surface area contributed by atoms with Crippen LogP contribution in [0.4, 0.5) is 0 Å². The molecule has 0 fully saturated rings. The fourth-order valence-corrected chi connectivity index (χ4v) is 2.04. The van der Waals surface area contributed by atoms with Gasteiger partial charge in [0.2, 0.25) is 0 Å². The van der Waals surface area contributed by atoms with Gasteiger partial charge in [0.15, 0.2) is 0 Å². The zero-order valence-corrected chi connectivity index (χ0v) is 12.7. The molecule has 2 aromatic rings. The molecule has 0 aliphatic rings. The average Bonchev–Trinajstić information content (AvgIpc) is 2.52. The van der Waals surface area contributed by atoms with Gasteiger partial charge in [-0.1, -0.05) is 38.1 Å². The quantitative estimate of drug-likeness (QED) is 0.788. The van der Waals surface area contributed by atoms with Crippen molar-refractivity contribution in [3.05, 3.63) is 59.7 Å². The van der Waals surface area contributed by atoms with E-state index in [-0.39, 0.29) is 0 Å². The second-order valence-electron chi connectivity index (χ2n) is 5.28. The summed E-state index contributed by atoms with van der Waals surface area (Å²) in [5.41, 5.74) is 7.96. The predicted octanol–water partition coefficient (Wildman–Crippen LogP) is 3.73. The molecule has 3 nitrogen and oxygen atoms in total. The summed E-state index contributed by atoms with van der Waals surface area (Å²) in [6.45, 7) is 5.91. The Labute approximate surface area is 126 Å². The van der Waals surface area contributed by atoms with Crippen LogP contribution in [0.3, 0.4) is 0 Å². The van der Waals surface area contributed by atoms with Crippen LogP contribution in [0.2, 0.25) is 0 Å². The minimum Gasteiger partial charge on any atom is -0.490 e. The highest BCUT2D eigenvalue weighted by Crippen LogP contribution is 2.20. The van der Waals surface area contributed by atoms with Gasteiger partial charge in [-0.25, -0.2) is 0 Å². The van der Waals surface area contributed by atoms with Crippen LogP contribution in [0.1, 0.15) is 30.9 Å². The molecule has 0 aliphatic heterocycles. The van der Waals surface area contributed by atoms with Crippen LogP contribution < -0.4 is 15.2 Å². The fourth-order valence-electron chi connectivity index (χ4n) is 2.04. The van der Waals surface area contributed by atoms with E-state index in [2.05, 4.69) is 26.0 Å². The van der Waals surface area contributed by atoms with Gasteiger partial charge >= 0.3 is 0 Å². The molecule has 0 aliphatic carbocycles. The van der Waals surface area contributed by atoms with Crippen molar-refractivity contribution in [3.8, 4) is 11.5 Å². The summed E-state index contributed by atoms with van der Waals surface area (Å²) in [7, 11) is 0. The molecule has 0 amide bonds. The highest BCUT2D eigenvalue weighted by atomic mass is 16.5. The highest BCUT2D eigenvalue weighted by molar-refractivity contribution is 5.30. The molecule has 21 heavy (non-hydrogen) atoms. The molecule has 0 bridgehead atoms. The van der Waals surface area contributed by atoms with Gasteiger partial charge in [-0.05, 0) is 41.3 Å². The number of nitrogens with two attached hydrogens (primary N) is 1. The summed E-state index contributed by atoms with van der Waals surface area (Å²) in [5.74, 6) is 2.22. The zero-order valence-electron chi connectivity index (χ0n) is 12.7. The van der Waals surface area contributed by atoms with Gasteiger partial charge in [-0.2, -0.15) is 0 Å². The second kappa shape index (κ2) is 7.70. The zero-order chi connectivity index (χ0) is 15.1. The molecule has 0 saturated heterocycles. The van der Waals surface area contributed by atoms with E-state index in [9.17, 15) is 0 Å². The molecule has 0 aromatic heterocycles. The molecule has 0 unspecified atom stereocenters. The van der Waals surface area contributed by atoms with Crippen molar-refractivity contribution < 1.29 is 9.47 Å². The maximum atomic E-state index is 5.73. The van der Waals surface area contributed by atoms with Crippen molar-refractivity contribution >= 4 is 0 Å². The summed E-state index contributed by atoms with van der Waals surface area (Å²) < 4.78 is 11.4. The van der Waals surface area contributed by atoms with Crippen molar-refractivity contribution in [2.75, 3.05) is 13.2 Å². The van der Waals surface area contributed by atoms with E-state index in [1.165, 1.54) is 5.56 Å². The van der Waals surface area contributed by atoms with Gasteiger partial charge in [0, 0.05) is 6.54 Å². The lowest BCUT2D eigenvalue weighted by molar-refractivity contribution is 0.217. The van der Waals surface area contributed by atoms with E-state index >= 15 is 0 Å². The smallest absolute Gasteiger partial charge is 0.122 e. The molecule has 112 valence electrons. The van der Waals surface area contributed by atoms with E-state index in [1.807, 2.05) is 36.4 Å². The summed E-state index contributed by atoms with van der Waals surface area (Å²) in [4.78, 5) is 0. The lowest BCUT2D eigenvalue weighted by Gasteiger charge is -2.11. The Morgan fingerprint density at radius 2 is 1.52 bits per heavy atom. The van der Waals surface area contributed by atoms with Crippen molar-refractivity contribution in [1.29, 1.82) is 0 Å². The molecule has 0 heterocycles. The van der Waals surface area contributed by atoms with Gasteiger partial charge in [-0.3, -0.25) is 0 Å². The van der Waals surface area contributed by atoms with Crippen molar-refractivity contribution in [1.82, 2.24) is 0 Å². The van der Waals surface area contributed by atoms with E-state index in [4.69, 9.17) is 15.2 Å². The maximum absolute atomic E-state index is 5.73. The molecule has 0 saturated carbocycles. The Kier molecular flexibility index (Phi) is 5.64. The normalized spacial score (nSPS) is 10.7. The maximum Gasteiger partial charge on any atom is 0.122 e. The van der Waals surface area contributed by atoms with Gasteiger partial charge in [0.25, 0.3) is 0 Å². The first-order chi connectivity index (χ1) is 10.2. The van der Waals surface area contributed by atoms with Gasteiger partial charge in [-0.15, -0.1) is 0 Å².